The first kappa shape index (κ1) is 15.7. The van der Waals surface area contributed by atoms with Crippen LogP contribution in [0, 0.1) is 12.3 Å². The number of aliphatic carboxylic acids is 1. The largest absolute Gasteiger partial charge is 0.481 e. The molecular weight excluding hydrogens is 260 g/mol. The smallest absolute Gasteiger partial charge is 0.325 e. The van der Waals surface area contributed by atoms with Gasteiger partial charge in [-0.05, 0) is 32.4 Å². The first-order chi connectivity index (χ1) is 9.22. The second kappa shape index (κ2) is 6.18. The van der Waals surface area contributed by atoms with Gasteiger partial charge < -0.3 is 10.4 Å². The fourth-order valence-corrected chi connectivity index (χ4v) is 1.51. The van der Waals surface area contributed by atoms with Crippen LogP contribution < -0.4 is 10.6 Å². The van der Waals surface area contributed by atoms with Crippen LogP contribution >= 0.6 is 0 Å². The third kappa shape index (κ3) is 4.38. The number of amides is 3. The van der Waals surface area contributed by atoms with Crippen molar-refractivity contribution in [3.63, 3.8) is 0 Å². The Morgan fingerprint density at radius 3 is 2.35 bits per heavy atom. The van der Waals surface area contributed by atoms with E-state index < -0.39 is 23.3 Å². The van der Waals surface area contributed by atoms with E-state index in [4.69, 9.17) is 5.11 Å². The molecule has 0 fully saturated rings. The number of rotatable bonds is 4. The molecule has 108 valence electrons. The number of anilines is 1. The van der Waals surface area contributed by atoms with Crippen molar-refractivity contribution in [2.24, 2.45) is 5.41 Å². The molecule has 3 amide bonds. The van der Waals surface area contributed by atoms with Gasteiger partial charge in [0.25, 0.3) is 0 Å². The molecule has 0 heterocycles. The maximum atomic E-state index is 11.6. The van der Waals surface area contributed by atoms with E-state index in [1.165, 1.54) is 13.8 Å². The Morgan fingerprint density at radius 2 is 1.80 bits per heavy atom. The Labute approximate surface area is 117 Å². The second-order valence-corrected chi connectivity index (χ2v) is 5.18. The number of urea groups is 1. The average molecular weight is 278 g/mol. The summed E-state index contributed by atoms with van der Waals surface area (Å²) in [7, 11) is 0. The summed E-state index contributed by atoms with van der Waals surface area (Å²) < 4.78 is 0. The molecule has 0 radical (unpaired) electrons. The Kier molecular flexibility index (Phi) is 4.85. The minimum absolute atomic E-state index is 0.274. The monoisotopic (exact) mass is 278 g/mol. The van der Waals surface area contributed by atoms with E-state index in [1.54, 1.807) is 12.1 Å². The molecule has 0 aliphatic carbocycles. The van der Waals surface area contributed by atoms with Crippen molar-refractivity contribution in [1.29, 1.82) is 0 Å². The van der Waals surface area contributed by atoms with Crippen LogP contribution in [-0.4, -0.2) is 23.0 Å². The van der Waals surface area contributed by atoms with Crippen molar-refractivity contribution in [2.75, 3.05) is 5.32 Å². The van der Waals surface area contributed by atoms with Crippen molar-refractivity contribution in [3.8, 4) is 0 Å². The van der Waals surface area contributed by atoms with Crippen molar-refractivity contribution in [1.82, 2.24) is 5.32 Å². The number of para-hydroxylation sites is 1. The molecule has 6 nitrogen and oxygen atoms in total. The van der Waals surface area contributed by atoms with Gasteiger partial charge in [-0.2, -0.15) is 0 Å². The van der Waals surface area contributed by atoms with E-state index in [1.807, 2.05) is 19.1 Å². The number of carboxylic acids is 1. The second-order valence-electron chi connectivity index (χ2n) is 5.18. The SMILES string of the molecule is Cc1ccccc1NC(=O)NC(=O)CC(C)(C)C(=O)O. The van der Waals surface area contributed by atoms with E-state index >= 15 is 0 Å². The minimum Gasteiger partial charge on any atom is -0.481 e. The van der Waals surface area contributed by atoms with Crippen molar-refractivity contribution in [3.05, 3.63) is 29.8 Å². The third-order valence-electron chi connectivity index (χ3n) is 2.83. The van der Waals surface area contributed by atoms with E-state index in [0.29, 0.717) is 5.69 Å². The van der Waals surface area contributed by atoms with Crippen molar-refractivity contribution < 1.29 is 19.5 Å². The number of nitrogens with one attached hydrogen (secondary N) is 2. The molecule has 0 aliphatic heterocycles. The summed E-state index contributed by atoms with van der Waals surface area (Å²) in [5.41, 5.74) is 0.240. The normalized spacial score (nSPS) is 10.8. The Balaban J connectivity index is 2.57. The zero-order valence-corrected chi connectivity index (χ0v) is 11.7. The van der Waals surface area contributed by atoms with Crippen LogP contribution in [0.2, 0.25) is 0 Å². The highest BCUT2D eigenvalue weighted by molar-refractivity contribution is 6.02. The zero-order valence-electron chi connectivity index (χ0n) is 11.7. The molecule has 0 bridgehead atoms. The predicted molar refractivity (Wildman–Crippen MR) is 74.4 cm³/mol. The Morgan fingerprint density at radius 1 is 1.20 bits per heavy atom. The number of carbonyl (C=O) groups excluding carboxylic acids is 2. The summed E-state index contributed by atoms with van der Waals surface area (Å²) in [6.07, 6.45) is -0.274. The first-order valence-corrected chi connectivity index (χ1v) is 6.12. The minimum atomic E-state index is -1.22. The van der Waals surface area contributed by atoms with Gasteiger partial charge in [-0.15, -0.1) is 0 Å². The topological polar surface area (TPSA) is 95.5 Å². The fraction of sp³-hybridized carbons (Fsp3) is 0.357. The lowest BCUT2D eigenvalue weighted by Crippen LogP contribution is -2.38. The molecule has 1 aromatic rings. The summed E-state index contributed by atoms with van der Waals surface area (Å²) in [5.74, 6) is -1.73. The lowest BCUT2D eigenvalue weighted by atomic mass is 9.89. The van der Waals surface area contributed by atoms with E-state index in [2.05, 4.69) is 10.6 Å². The Bertz CT molecular complexity index is 538. The molecular formula is C14H18N2O4. The van der Waals surface area contributed by atoms with E-state index in [-0.39, 0.29) is 6.42 Å². The molecule has 6 heteroatoms. The number of hydrogen-bond donors (Lipinski definition) is 3. The summed E-state index contributed by atoms with van der Waals surface area (Å²) in [5, 5.41) is 13.6. The van der Waals surface area contributed by atoms with Crippen LogP contribution in [-0.2, 0) is 9.59 Å². The molecule has 0 saturated heterocycles. The molecule has 0 spiro atoms. The van der Waals surface area contributed by atoms with E-state index in [0.717, 1.165) is 5.56 Å². The summed E-state index contributed by atoms with van der Waals surface area (Å²) in [4.78, 5) is 34.2. The number of carboxylic acid groups (broad SMARTS) is 1. The quantitative estimate of drug-likeness (QED) is 0.786. The zero-order chi connectivity index (χ0) is 15.3. The molecule has 0 aromatic heterocycles. The van der Waals surface area contributed by atoms with E-state index in [9.17, 15) is 14.4 Å². The van der Waals surface area contributed by atoms with Gasteiger partial charge in [-0.3, -0.25) is 14.9 Å². The molecule has 0 saturated carbocycles. The highest BCUT2D eigenvalue weighted by Crippen LogP contribution is 2.20. The molecule has 0 aliphatic rings. The van der Waals surface area contributed by atoms with Crippen LogP contribution in [0.5, 0.6) is 0 Å². The predicted octanol–water partition coefficient (Wildman–Crippen LogP) is 2.14. The van der Waals surface area contributed by atoms with Gasteiger partial charge in [0.15, 0.2) is 0 Å². The summed E-state index contributed by atoms with van der Waals surface area (Å²) in [6.45, 7) is 4.67. The van der Waals surface area contributed by atoms with Crippen LogP contribution in [0.1, 0.15) is 25.8 Å². The lowest BCUT2D eigenvalue weighted by Gasteiger charge is -2.18. The number of carbonyl (C=O) groups is 3. The standard InChI is InChI=1S/C14H18N2O4/c1-9-6-4-5-7-10(9)15-13(20)16-11(17)8-14(2,3)12(18)19/h4-7H,8H2,1-3H3,(H,18,19)(H2,15,16,17,20). The van der Waals surface area contributed by atoms with Gasteiger partial charge >= 0.3 is 12.0 Å². The fourth-order valence-electron chi connectivity index (χ4n) is 1.51. The third-order valence-corrected chi connectivity index (χ3v) is 2.83. The molecule has 1 rings (SSSR count). The van der Waals surface area contributed by atoms with Gasteiger partial charge in [0.1, 0.15) is 0 Å². The number of hydrogen-bond acceptors (Lipinski definition) is 3. The molecule has 1 aromatic carbocycles. The molecule has 0 unspecified atom stereocenters. The van der Waals surface area contributed by atoms with Crippen molar-refractivity contribution >= 4 is 23.6 Å². The summed E-state index contributed by atoms with van der Waals surface area (Å²) in [6, 6.07) is 6.45. The van der Waals surface area contributed by atoms with Gasteiger partial charge in [0.2, 0.25) is 5.91 Å². The van der Waals surface area contributed by atoms with Crippen LogP contribution in [0.3, 0.4) is 0 Å². The maximum absolute atomic E-state index is 11.6. The molecule has 0 atom stereocenters. The van der Waals surface area contributed by atoms with Crippen LogP contribution in [0.4, 0.5) is 10.5 Å². The average Bonchev–Trinajstić information content (AvgIpc) is 2.30. The highest BCUT2D eigenvalue weighted by atomic mass is 16.4. The lowest BCUT2D eigenvalue weighted by molar-refractivity contribution is -0.149. The molecule has 20 heavy (non-hydrogen) atoms. The van der Waals surface area contributed by atoms with Crippen molar-refractivity contribution in [2.45, 2.75) is 27.2 Å². The number of benzene rings is 1. The van der Waals surface area contributed by atoms with Gasteiger partial charge in [0, 0.05) is 12.1 Å². The number of aryl methyl sites for hydroxylation is 1. The van der Waals surface area contributed by atoms with Crippen LogP contribution in [0.15, 0.2) is 24.3 Å². The highest BCUT2D eigenvalue weighted by Gasteiger charge is 2.30. The maximum Gasteiger partial charge on any atom is 0.325 e. The van der Waals surface area contributed by atoms with Gasteiger partial charge in [-0.25, -0.2) is 4.79 Å². The number of imide groups is 1. The molecule has 3 N–H and O–H groups in total. The van der Waals surface area contributed by atoms with Crippen LogP contribution in [0.25, 0.3) is 0 Å². The summed E-state index contributed by atoms with van der Waals surface area (Å²) >= 11 is 0. The first-order valence-electron chi connectivity index (χ1n) is 6.12. The van der Waals surface area contributed by atoms with Gasteiger partial charge in [0.05, 0.1) is 5.41 Å². The Hall–Kier alpha value is -2.37. The van der Waals surface area contributed by atoms with Gasteiger partial charge in [-0.1, -0.05) is 18.2 Å².